The Bertz CT molecular complexity index is 884. The molecule has 0 aliphatic carbocycles. The number of hydrogen-bond acceptors (Lipinski definition) is 4. The predicted molar refractivity (Wildman–Crippen MR) is 90.6 cm³/mol. The van der Waals surface area contributed by atoms with Gasteiger partial charge in [0.2, 0.25) is 0 Å². The van der Waals surface area contributed by atoms with E-state index in [0.717, 1.165) is 10.5 Å². The summed E-state index contributed by atoms with van der Waals surface area (Å²) in [6, 6.07) is 11.1. The summed E-state index contributed by atoms with van der Waals surface area (Å²) in [5.41, 5.74) is -3.43. The molecule has 0 bridgehead atoms. The van der Waals surface area contributed by atoms with E-state index in [0.29, 0.717) is 5.56 Å². The molecule has 1 aliphatic rings. The first-order chi connectivity index (χ1) is 12.1. The van der Waals surface area contributed by atoms with Gasteiger partial charge in [0, 0.05) is 10.0 Å². The fourth-order valence-corrected chi connectivity index (χ4v) is 2.81. The van der Waals surface area contributed by atoms with E-state index in [4.69, 9.17) is 0 Å². The van der Waals surface area contributed by atoms with Gasteiger partial charge >= 0.3 is 6.18 Å². The minimum Gasteiger partial charge on any atom is -0.508 e. The summed E-state index contributed by atoms with van der Waals surface area (Å²) in [4.78, 5) is 12.5. The molecule has 1 amide bonds. The summed E-state index contributed by atoms with van der Waals surface area (Å²) in [7, 11) is 0. The number of rotatable bonds is 2. The van der Waals surface area contributed by atoms with Gasteiger partial charge in [-0.25, -0.2) is 0 Å². The third-order valence-electron chi connectivity index (χ3n) is 3.90. The first kappa shape index (κ1) is 18.4. The number of carbonyl (C=O) groups excluding carboxylic acids is 1. The maximum atomic E-state index is 13.5. The molecule has 1 aliphatic heterocycles. The number of aliphatic hydroxyl groups is 1. The van der Waals surface area contributed by atoms with Crippen LogP contribution in [0.2, 0.25) is 0 Å². The summed E-state index contributed by atoms with van der Waals surface area (Å²) in [5.74, 6) is -1.46. The molecule has 0 aromatic heterocycles. The van der Waals surface area contributed by atoms with Crippen molar-refractivity contribution in [1.29, 1.82) is 0 Å². The zero-order valence-electron chi connectivity index (χ0n) is 13.0. The zero-order chi connectivity index (χ0) is 19.1. The van der Waals surface area contributed by atoms with E-state index in [1.54, 1.807) is 12.1 Å². The SMILES string of the molecule is O=C(c1cccc(O)c1)N1N=C(c2ccc(Br)cc2)C[C@]1(O)C(F)(F)F. The highest BCUT2D eigenvalue weighted by atomic mass is 79.9. The fraction of sp³-hybridized carbons (Fsp3) is 0.176. The number of alkyl halides is 3. The van der Waals surface area contributed by atoms with Gasteiger partial charge in [0.05, 0.1) is 12.1 Å². The van der Waals surface area contributed by atoms with Gasteiger partial charge in [0.25, 0.3) is 11.6 Å². The van der Waals surface area contributed by atoms with Crippen molar-refractivity contribution in [2.75, 3.05) is 0 Å². The molecule has 136 valence electrons. The second-order valence-corrected chi connectivity index (χ2v) is 6.63. The number of hydrogen-bond donors (Lipinski definition) is 2. The number of phenols is 1. The third-order valence-corrected chi connectivity index (χ3v) is 4.43. The standard InChI is InChI=1S/C17H12BrF3N2O3/c18-12-6-4-10(5-7-12)14-9-16(26,17(19,20)21)23(22-14)15(25)11-2-1-3-13(24)8-11/h1-8,24,26H,9H2/t16-/m0/s1. The Labute approximate surface area is 154 Å². The molecule has 2 aromatic carbocycles. The van der Waals surface area contributed by atoms with Gasteiger partial charge in [-0.3, -0.25) is 4.79 Å². The normalized spacial score (nSPS) is 20.2. The lowest BCUT2D eigenvalue weighted by atomic mass is 10.0. The van der Waals surface area contributed by atoms with E-state index in [1.807, 2.05) is 0 Å². The maximum Gasteiger partial charge on any atom is 0.438 e. The average Bonchev–Trinajstić information content (AvgIpc) is 2.94. The molecule has 0 fully saturated rings. The summed E-state index contributed by atoms with van der Waals surface area (Å²) in [6.07, 6.45) is -6.03. The van der Waals surface area contributed by atoms with Crippen LogP contribution in [0, 0.1) is 0 Å². The lowest BCUT2D eigenvalue weighted by molar-refractivity contribution is -0.297. The van der Waals surface area contributed by atoms with E-state index in [2.05, 4.69) is 21.0 Å². The molecule has 2 aromatic rings. The fourth-order valence-electron chi connectivity index (χ4n) is 2.54. The lowest BCUT2D eigenvalue weighted by Crippen LogP contribution is -2.56. The molecule has 0 spiro atoms. The largest absolute Gasteiger partial charge is 0.508 e. The van der Waals surface area contributed by atoms with Gasteiger partial charge in [-0.05, 0) is 35.9 Å². The maximum absolute atomic E-state index is 13.5. The number of hydrazone groups is 1. The van der Waals surface area contributed by atoms with Gasteiger partial charge in [-0.2, -0.15) is 23.3 Å². The van der Waals surface area contributed by atoms with E-state index in [-0.39, 0.29) is 22.0 Å². The Morgan fingerprint density at radius 1 is 1.19 bits per heavy atom. The molecule has 1 atom stereocenters. The van der Waals surface area contributed by atoms with Gasteiger partial charge in [-0.15, -0.1) is 0 Å². The quantitative estimate of drug-likeness (QED) is 0.766. The van der Waals surface area contributed by atoms with Crippen LogP contribution in [0.15, 0.2) is 58.1 Å². The molecule has 5 nitrogen and oxygen atoms in total. The topological polar surface area (TPSA) is 73.1 Å². The minimum absolute atomic E-state index is 0.0269. The van der Waals surface area contributed by atoms with Gasteiger partial charge < -0.3 is 10.2 Å². The summed E-state index contributed by atoms with van der Waals surface area (Å²) < 4.78 is 41.3. The third kappa shape index (κ3) is 3.19. The van der Waals surface area contributed by atoms with Crippen LogP contribution in [0.4, 0.5) is 13.2 Å². The molecular formula is C17H12BrF3N2O3. The van der Waals surface area contributed by atoms with Crippen molar-refractivity contribution in [3.05, 3.63) is 64.1 Å². The number of nitrogens with zero attached hydrogens (tertiary/aromatic N) is 2. The monoisotopic (exact) mass is 428 g/mol. The molecule has 1 heterocycles. The molecule has 0 radical (unpaired) electrons. The van der Waals surface area contributed by atoms with E-state index in [1.165, 1.54) is 30.3 Å². The number of amides is 1. The predicted octanol–water partition coefficient (Wildman–Crippen LogP) is 3.66. The molecule has 26 heavy (non-hydrogen) atoms. The highest BCUT2D eigenvalue weighted by molar-refractivity contribution is 9.10. The highest BCUT2D eigenvalue weighted by Gasteiger charge is 2.63. The number of aromatic hydroxyl groups is 1. The Morgan fingerprint density at radius 2 is 1.85 bits per heavy atom. The van der Waals surface area contributed by atoms with Crippen LogP contribution in [0.3, 0.4) is 0 Å². The Kier molecular flexibility index (Phi) is 4.53. The zero-order valence-corrected chi connectivity index (χ0v) is 14.6. The van der Waals surface area contributed by atoms with Crippen molar-refractivity contribution in [3.63, 3.8) is 0 Å². The van der Waals surface area contributed by atoms with Gasteiger partial charge in [0.1, 0.15) is 5.75 Å². The van der Waals surface area contributed by atoms with Crippen LogP contribution in [0.5, 0.6) is 5.75 Å². The van der Waals surface area contributed by atoms with Crippen LogP contribution < -0.4 is 0 Å². The lowest BCUT2D eigenvalue weighted by Gasteiger charge is -2.32. The molecule has 3 rings (SSSR count). The van der Waals surface area contributed by atoms with Crippen molar-refractivity contribution in [3.8, 4) is 5.75 Å². The van der Waals surface area contributed by atoms with Crippen LogP contribution in [-0.2, 0) is 0 Å². The van der Waals surface area contributed by atoms with Crippen molar-refractivity contribution >= 4 is 27.5 Å². The van der Waals surface area contributed by atoms with E-state index >= 15 is 0 Å². The van der Waals surface area contributed by atoms with Gasteiger partial charge in [-0.1, -0.05) is 34.1 Å². The molecule has 0 saturated carbocycles. The summed E-state index contributed by atoms with van der Waals surface area (Å²) in [6.45, 7) is 0. The van der Waals surface area contributed by atoms with E-state index in [9.17, 15) is 28.2 Å². The Hall–Kier alpha value is -2.39. The van der Waals surface area contributed by atoms with Crippen LogP contribution in [0.25, 0.3) is 0 Å². The summed E-state index contributed by atoms with van der Waals surface area (Å²) >= 11 is 3.22. The van der Waals surface area contributed by atoms with Crippen molar-refractivity contribution in [1.82, 2.24) is 5.01 Å². The van der Waals surface area contributed by atoms with Crippen molar-refractivity contribution < 1.29 is 28.2 Å². The van der Waals surface area contributed by atoms with Crippen LogP contribution in [0.1, 0.15) is 22.3 Å². The smallest absolute Gasteiger partial charge is 0.438 e. The number of benzene rings is 2. The Morgan fingerprint density at radius 3 is 2.42 bits per heavy atom. The molecular weight excluding hydrogens is 417 g/mol. The highest BCUT2D eigenvalue weighted by Crippen LogP contribution is 2.42. The minimum atomic E-state index is -5.12. The first-order valence-electron chi connectivity index (χ1n) is 7.38. The molecule has 0 saturated heterocycles. The van der Waals surface area contributed by atoms with Crippen LogP contribution in [-0.4, -0.2) is 38.7 Å². The second kappa shape index (κ2) is 6.40. The Balaban J connectivity index is 2.05. The molecule has 2 N–H and O–H groups in total. The number of carbonyl (C=O) groups is 1. The first-order valence-corrected chi connectivity index (χ1v) is 8.17. The molecule has 0 unspecified atom stereocenters. The van der Waals surface area contributed by atoms with Crippen molar-refractivity contribution in [2.45, 2.75) is 18.3 Å². The average molecular weight is 429 g/mol. The second-order valence-electron chi connectivity index (χ2n) is 5.71. The summed E-state index contributed by atoms with van der Waals surface area (Å²) in [5, 5.41) is 23.5. The van der Waals surface area contributed by atoms with Crippen molar-refractivity contribution in [2.24, 2.45) is 5.10 Å². The number of halogens is 4. The van der Waals surface area contributed by atoms with E-state index < -0.39 is 24.2 Å². The molecule has 9 heteroatoms. The van der Waals surface area contributed by atoms with Crippen LogP contribution >= 0.6 is 15.9 Å². The van der Waals surface area contributed by atoms with Gasteiger partial charge in [0.15, 0.2) is 0 Å². The number of phenolic OH excluding ortho intramolecular Hbond substituents is 1.